The Bertz CT molecular complexity index is 676. The maximum Gasteiger partial charge on any atom is 0.278 e. The number of hydrogen-bond donors (Lipinski definition) is 2. The molecule has 7 heteroatoms. The number of anilines is 2. The van der Waals surface area contributed by atoms with Crippen molar-refractivity contribution in [1.82, 2.24) is 4.37 Å². The summed E-state index contributed by atoms with van der Waals surface area (Å²) in [6.45, 7) is 1.81. The van der Waals surface area contributed by atoms with Crippen molar-refractivity contribution in [2.24, 2.45) is 0 Å². The molecule has 92 valence electrons. The Labute approximate surface area is 117 Å². The van der Waals surface area contributed by atoms with Crippen LogP contribution in [0.15, 0.2) is 16.9 Å². The highest BCUT2D eigenvalue weighted by molar-refractivity contribution is 7.10. The van der Waals surface area contributed by atoms with Crippen molar-refractivity contribution in [3.05, 3.63) is 43.7 Å². The van der Waals surface area contributed by atoms with Crippen molar-refractivity contribution in [3.63, 3.8) is 0 Å². The highest BCUT2D eigenvalue weighted by atomic mass is 35.5. The number of benzene rings is 1. The molecule has 0 aliphatic carbocycles. The van der Waals surface area contributed by atoms with Gasteiger partial charge in [0.25, 0.3) is 5.56 Å². The van der Waals surface area contributed by atoms with E-state index in [0.29, 0.717) is 20.7 Å². The molecule has 0 amide bonds. The van der Waals surface area contributed by atoms with Gasteiger partial charge in [-0.05, 0) is 36.2 Å². The predicted molar refractivity (Wildman–Crippen MR) is 74.1 cm³/mol. The lowest BCUT2D eigenvalue weighted by molar-refractivity contribution is 1.38. The first kappa shape index (κ1) is 13.0. The number of nitrogens with one attached hydrogen (secondary N) is 2. The Morgan fingerprint density at radius 2 is 2.00 bits per heavy atom. The molecule has 0 bridgehead atoms. The highest BCUT2D eigenvalue weighted by Crippen LogP contribution is 2.30. The summed E-state index contributed by atoms with van der Waals surface area (Å²) >= 11 is 13.1. The second kappa shape index (κ2) is 5.02. The molecule has 18 heavy (non-hydrogen) atoms. The maximum atomic E-state index is 11.3. The van der Waals surface area contributed by atoms with Gasteiger partial charge in [0.1, 0.15) is 11.1 Å². The van der Waals surface area contributed by atoms with E-state index < -0.39 is 5.56 Å². The number of rotatable bonds is 2. The van der Waals surface area contributed by atoms with Crippen LogP contribution in [0, 0.1) is 18.3 Å². The third kappa shape index (κ3) is 2.36. The average Bonchev–Trinajstić information content (AvgIpc) is 2.66. The number of halogens is 2. The second-order valence-corrected chi connectivity index (χ2v) is 5.17. The van der Waals surface area contributed by atoms with Gasteiger partial charge in [-0.15, -0.1) is 0 Å². The molecule has 0 aliphatic rings. The zero-order chi connectivity index (χ0) is 13.3. The summed E-state index contributed by atoms with van der Waals surface area (Å²) in [5.41, 5.74) is 1.05. The summed E-state index contributed by atoms with van der Waals surface area (Å²) in [5.74, 6) is 0. The SMILES string of the molecule is Cc1c(Cl)cc(Nc2s[nH]c(=O)c2C#N)cc1Cl. The zero-order valence-electron chi connectivity index (χ0n) is 9.17. The number of aromatic amines is 1. The quantitative estimate of drug-likeness (QED) is 0.889. The zero-order valence-corrected chi connectivity index (χ0v) is 11.5. The first-order valence-corrected chi connectivity index (χ1v) is 6.44. The third-order valence-electron chi connectivity index (χ3n) is 2.35. The smallest absolute Gasteiger partial charge is 0.278 e. The summed E-state index contributed by atoms with van der Waals surface area (Å²) in [7, 11) is 0. The molecule has 0 atom stereocenters. The fraction of sp³-hybridized carbons (Fsp3) is 0.0909. The number of H-pyrrole nitrogens is 1. The standard InChI is InChI=1S/C11H7Cl2N3OS/c1-5-8(12)2-6(3-9(5)13)15-11-7(4-14)10(17)16-18-11/h2-3,15H,1H3,(H,16,17). The van der Waals surface area contributed by atoms with Crippen molar-refractivity contribution in [3.8, 4) is 6.07 Å². The number of hydrogen-bond acceptors (Lipinski definition) is 4. The Morgan fingerprint density at radius 3 is 2.56 bits per heavy atom. The van der Waals surface area contributed by atoms with E-state index in [4.69, 9.17) is 28.5 Å². The molecule has 1 aromatic carbocycles. The van der Waals surface area contributed by atoms with Crippen molar-refractivity contribution >= 4 is 45.4 Å². The monoisotopic (exact) mass is 299 g/mol. The molecule has 0 saturated heterocycles. The van der Waals surface area contributed by atoms with Gasteiger partial charge in [-0.3, -0.25) is 9.17 Å². The van der Waals surface area contributed by atoms with Crippen LogP contribution in [0.2, 0.25) is 10.0 Å². The average molecular weight is 300 g/mol. The molecule has 0 unspecified atom stereocenters. The molecule has 4 nitrogen and oxygen atoms in total. The fourth-order valence-electron chi connectivity index (χ4n) is 1.34. The third-order valence-corrected chi connectivity index (χ3v) is 3.93. The Morgan fingerprint density at radius 1 is 1.39 bits per heavy atom. The van der Waals surface area contributed by atoms with Crippen molar-refractivity contribution in [2.75, 3.05) is 5.32 Å². The minimum atomic E-state index is -0.408. The van der Waals surface area contributed by atoms with Gasteiger partial charge in [0.15, 0.2) is 5.56 Å². The fourth-order valence-corrected chi connectivity index (χ4v) is 2.53. The lowest BCUT2D eigenvalue weighted by Crippen LogP contribution is -2.02. The van der Waals surface area contributed by atoms with Gasteiger partial charge < -0.3 is 5.32 Å². The van der Waals surface area contributed by atoms with Crippen LogP contribution in [0.25, 0.3) is 0 Å². The summed E-state index contributed by atoms with van der Waals surface area (Å²) in [6, 6.07) is 5.22. The molecular weight excluding hydrogens is 293 g/mol. The molecule has 0 aliphatic heterocycles. The van der Waals surface area contributed by atoms with E-state index in [1.165, 1.54) is 0 Å². The van der Waals surface area contributed by atoms with E-state index in [1.807, 2.05) is 13.0 Å². The highest BCUT2D eigenvalue weighted by Gasteiger charge is 2.11. The summed E-state index contributed by atoms with van der Waals surface area (Å²) in [5, 5.41) is 13.3. The van der Waals surface area contributed by atoms with E-state index in [0.717, 1.165) is 17.1 Å². The van der Waals surface area contributed by atoms with Crippen molar-refractivity contribution in [2.45, 2.75) is 6.92 Å². The van der Waals surface area contributed by atoms with E-state index >= 15 is 0 Å². The molecule has 1 heterocycles. The van der Waals surface area contributed by atoms with Crippen LogP contribution in [-0.2, 0) is 0 Å². The van der Waals surface area contributed by atoms with Crippen LogP contribution in [0.4, 0.5) is 10.7 Å². The Kier molecular flexibility index (Phi) is 3.62. The molecule has 0 fully saturated rings. The van der Waals surface area contributed by atoms with E-state index in [1.54, 1.807) is 12.1 Å². The minimum absolute atomic E-state index is 0.0489. The molecule has 0 radical (unpaired) electrons. The Hall–Kier alpha value is -1.48. The van der Waals surface area contributed by atoms with Crippen LogP contribution in [-0.4, -0.2) is 4.37 Å². The molecular formula is C11H7Cl2N3OS. The predicted octanol–water partition coefficient (Wildman–Crippen LogP) is 3.67. The topological polar surface area (TPSA) is 68.7 Å². The van der Waals surface area contributed by atoms with E-state index in [2.05, 4.69) is 9.69 Å². The summed E-state index contributed by atoms with van der Waals surface area (Å²) in [4.78, 5) is 11.3. The number of nitriles is 1. The minimum Gasteiger partial charge on any atom is -0.345 e. The van der Waals surface area contributed by atoms with Crippen LogP contribution in [0.1, 0.15) is 11.1 Å². The van der Waals surface area contributed by atoms with Gasteiger partial charge in [0.2, 0.25) is 0 Å². The molecule has 2 aromatic rings. The van der Waals surface area contributed by atoms with Gasteiger partial charge in [-0.1, -0.05) is 23.2 Å². The van der Waals surface area contributed by atoms with Crippen molar-refractivity contribution in [1.29, 1.82) is 5.26 Å². The number of aromatic nitrogens is 1. The van der Waals surface area contributed by atoms with Gasteiger partial charge in [-0.25, -0.2) is 0 Å². The largest absolute Gasteiger partial charge is 0.345 e. The first-order chi connectivity index (χ1) is 8.52. The van der Waals surface area contributed by atoms with E-state index in [9.17, 15) is 4.79 Å². The molecule has 1 aromatic heterocycles. The van der Waals surface area contributed by atoms with Crippen LogP contribution in [0.3, 0.4) is 0 Å². The maximum absolute atomic E-state index is 11.3. The van der Waals surface area contributed by atoms with Crippen LogP contribution in [0.5, 0.6) is 0 Å². The summed E-state index contributed by atoms with van der Waals surface area (Å²) < 4.78 is 2.48. The van der Waals surface area contributed by atoms with Gasteiger partial charge in [-0.2, -0.15) is 5.26 Å². The van der Waals surface area contributed by atoms with E-state index in [-0.39, 0.29) is 5.56 Å². The first-order valence-electron chi connectivity index (χ1n) is 4.87. The normalized spacial score (nSPS) is 10.1. The molecule has 0 spiro atoms. The molecule has 2 rings (SSSR count). The summed E-state index contributed by atoms with van der Waals surface area (Å²) in [6.07, 6.45) is 0. The Balaban J connectivity index is 2.41. The van der Waals surface area contributed by atoms with Gasteiger partial charge in [0.05, 0.1) is 0 Å². The lowest BCUT2D eigenvalue weighted by atomic mass is 10.2. The second-order valence-electron chi connectivity index (χ2n) is 3.54. The lowest BCUT2D eigenvalue weighted by Gasteiger charge is -2.07. The number of nitrogens with zero attached hydrogens (tertiary/aromatic N) is 1. The molecule has 2 N–H and O–H groups in total. The molecule has 0 saturated carbocycles. The van der Waals surface area contributed by atoms with Crippen LogP contribution >= 0.6 is 34.7 Å². The van der Waals surface area contributed by atoms with Gasteiger partial charge >= 0.3 is 0 Å². The van der Waals surface area contributed by atoms with Gasteiger partial charge in [0, 0.05) is 15.7 Å². The van der Waals surface area contributed by atoms with Crippen LogP contribution < -0.4 is 10.9 Å². The van der Waals surface area contributed by atoms with Crippen molar-refractivity contribution < 1.29 is 0 Å².